The summed E-state index contributed by atoms with van der Waals surface area (Å²) in [6, 6.07) is 0. The zero-order valence-corrected chi connectivity index (χ0v) is 6.35. The maximum Gasteiger partial charge on any atom is 0.246 e. The molecule has 0 aromatic rings. The summed E-state index contributed by atoms with van der Waals surface area (Å²) < 4.78 is 0. The average Bonchev–Trinajstić information content (AvgIpc) is 1.89. The number of nitrogens with one attached hydrogen (secondary N) is 1. The summed E-state index contributed by atoms with van der Waals surface area (Å²) in [4.78, 5) is 10.8. The van der Waals surface area contributed by atoms with Crippen LogP contribution < -0.4 is 5.32 Å². The number of likely N-dealkylation sites (N-methyl/N-ethyl adjacent to an activating group) is 1. The van der Waals surface area contributed by atoms with Crippen LogP contribution in [0.4, 0.5) is 0 Å². The zero-order valence-electron chi connectivity index (χ0n) is 6.35. The van der Waals surface area contributed by atoms with Crippen LogP contribution in [0, 0.1) is 0 Å². The van der Waals surface area contributed by atoms with E-state index < -0.39 is 0 Å². The Labute approximate surface area is 60.7 Å². The van der Waals surface area contributed by atoms with E-state index in [-0.39, 0.29) is 12.5 Å². The van der Waals surface area contributed by atoms with Crippen molar-refractivity contribution in [2.75, 3.05) is 13.2 Å². The SMILES string of the molecule is CCNC(=O)/C(C)=C/CO. The number of hydrogen-bond acceptors (Lipinski definition) is 2. The average molecular weight is 143 g/mol. The first kappa shape index (κ1) is 9.17. The molecule has 0 spiro atoms. The van der Waals surface area contributed by atoms with Crippen LogP contribution in [0.5, 0.6) is 0 Å². The van der Waals surface area contributed by atoms with Gasteiger partial charge < -0.3 is 10.4 Å². The van der Waals surface area contributed by atoms with Crippen LogP contribution in [0.3, 0.4) is 0 Å². The molecule has 10 heavy (non-hydrogen) atoms. The number of carbonyl (C=O) groups excluding carboxylic acids is 1. The van der Waals surface area contributed by atoms with Gasteiger partial charge in [-0.3, -0.25) is 4.79 Å². The molecule has 0 bridgehead atoms. The fourth-order valence-electron chi connectivity index (χ4n) is 0.530. The molecule has 1 amide bonds. The highest BCUT2D eigenvalue weighted by molar-refractivity contribution is 5.92. The normalized spacial score (nSPS) is 11.3. The van der Waals surface area contributed by atoms with Crippen LogP contribution in [-0.2, 0) is 4.79 Å². The molecule has 0 fully saturated rings. The van der Waals surface area contributed by atoms with E-state index in [1.54, 1.807) is 6.92 Å². The maximum atomic E-state index is 10.8. The van der Waals surface area contributed by atoms with Crippen LogP contribution in [0.25, 0.3) is 0 Å². The van der Waals surface area contributed by atoms with Gasteiger partial charge in [-0.15, -0.1) is 0 Å². The fraction of sp³-hybridized carbons (Fsp3) is 0.571. The molecule has 0 heterocycles. The number of rotatable bonds is 3. The summed E-state index contributed by atoms with van der Waals surface area (Å²) in [6.07, 6.45) is 1.48. The molecular formula is C7H13NO2. The Morgan fingerprint density at radius 2 is 2.30 bits per heavy atom. The first-order valence-electron chi connectivity index (χ1n) is 3.28. The van der Waals surface area contributed by atoms with E-state index in [0.717, 1.165) is 0 Å². The fourth-order valence-corrected chi connectivity index (χ4v) is 0.530. The van der Waals surface area contributed by atoms with Gasteiger partial charge in [0.1, 0.15) is 0 Å². The lowest BCUT2D eigenvalue weighted by atomic mass is 10.3. The summed E-state index contributed by atoms with van der Waals surface area (Å²) in [7, 11) is 0. The highest BCUT2D eigenvalue weighted by atomic mass is 16.2. The minimum Gasteiger partial charge on any atom is -0.392 e. The number of carbonyl (C=O) groups is 1. The minimum atomic E-state index is -0.114. The third kappa shape index (κ3) is 3.25. The van der Waals surface area contributed by atoms with E-state index in [1.807, 2.05) is 6.92 Å². The largest absolute Gasteiger partial charge is 0.392 e. The van der Waals surface area contributed by atoms with Crippen LogP contribution in [0.2, 0.25) is 0 Å². The molecule has 0 unspecified atom stereocenters. The molecule has 0 rings (SSSR count). The van der Waals surface area contributed by atoms with Crippen molar-refractivity contribution in [3.05, 3.63) is 11.6 Å². The molecule has 2 N–H and O–H groups in total. The van der Waals surface area contributed by atoms with Gasteiger partial charge in [-0.2, -0.15) is 0 Å². The lowest BCUT2D eigenvalue weighted by Crippen LogP contribution is -2.23. The number of amides is 1. The zero-order chi connectivity index (χ0) is 7.98. The highest BCUT2D eigenvalue weighted by Crippen LogP contribution is 1.89. The first-order chi connectivity index (χ1) is 4.72. The van der Waals surface area contributed by atoms with Crippen molar-refractivity contribution in [2.45, 2.75) is 13.8 Å². The van der Waals surface area contributed by atoms with Gasteiger partial charge >= 0.3 is 0 Å². The molecule has 3 heteroatoms. The van der Waals surface area contributed by atoms with Crippen molar-refractivity contribution in [1.82, 2.24) is 5.32 Å². The molecule has 58 valence electrons. The van der Waals surface area contributed by atoms with E-state index in [0.29, 0.717) is 12.1 Å². The van der Waals surface area contributed by atoms with Gasteiger partial charge in [-0.25, -0.2) is 0 Å². The monoisotopic (exact) mass is 143 g/mol. The third-order valence-electron chi connectivity index (χ3n) is 1.09. The number of aliphatic hydroxyl groups excluding tert-OH is 1. The van der Waals surface area contributed by atoms with E-state index in [2.05, 4.69) is 5.32 Å². The molecule has 0 saturated heterocycles. The second kappa shape index (κ2) is 4.99. The maximum absolute atomic E-state index is 10.8. The van der Waals surface area contributed by atoms with Crippen molar-refractivity contribution in [3.8, 4) is 0 Å². The van der Waals surface area contributed by atoms with Gasteiger partial charge in [0.2, 0.25) is 5.91 Å². The summed E-state index contributed by atoms with van der Waals surface area (Å²) in [6.45, 7) is 4.06. The van der Waals surface area contributed by atoms with Gasteiger partial charge in [0.05, 0.1) is 6.61 Å². The topological polar surface area (TPSA) is 49.3 Å². The molecule has 0 saturated carbocycles. The molecular weight excluding hydrogens is 130 g/mol. The molecule has 0 aliphatic heterocycles. The molecule has 0 aliphatic rings. The molecule has 0 aliphatic carbocycles. The van der Waals surface area contributed by atoms with Crippen molar-refractivity contribution < 1.29 is 9.90 Å². The summed E-state index contributed by atoms with van der Waals surface area (Å²) in [5, 5.41) is 11.0. The lowest BCUT2D eigenvalue weighted by molar-refractivity contribution is -0.117. The molecule has 0 atom stereocenters. The lowest BCUT2D eigenvalue weighted by Gasteiger charge is -1.99. The van der Waals surface area contributed by atoms with E-state index >= 15 is 0 Å². The highest BCUT2D eigenvalue weighted by Gasteiger charge is 1.98. The van der Waals surface area contributed by atoms with Crippen molar-refractivity contribution >= 4 is 5.91 Å². The van der Waals surface area contributed by atoms with Crippen molar-refractivity contribution in [2.24, 2.45) is 0 Å². The van der Waals surface area contributed by atoms with E-state index in [1.165, 1.54) is 6.08 Å². The second-order valence-electron chi connectivity index (χ2n) is 1.93. The molecule has 0 aromatic carbocycles. The number of aliphatic hydroxyl groups is 1. The standard InChI is InChI=1S/C7H13NO2/c1-3-8-7(10)6(2)4-5-9/h4,9H,3,5H2,1-2H3,(H,8,10)/b6-4+. The Kier molecular flexibility index (Phi) is 4.58. The van der Waals surface area contributed by atoms with Gasteiger partial charge in [-0.1, -0.05) is 6.08 Å². The predicted molar refractivity (Wildman–Crippen MR) is 39.5 cm³/mol. The van der Waals surface area contributed by atoms with Crippen LogP contribution >= 0.6 is 0 Å². The summed E-state index contributed by atoms with van der Waals surface area (Å²) >= 11 is 0. The second-order valence-corrected chi connectivity index (χ2v) is 1.93. The summed E-state index contributed by atoms with van der Waals surface area (Å²) in [5.41, 5.74) is 0.560. The third-order valence-corrected chi connectivity index (χ3v) is 1.09. The Morgan fingerprint density at radius 3 is 2.70 bits per heavy atom. The smallest absolute Gasteiger partial charge is 0.246 e. The predicted octanol–water partition coefficient (Wildman–Crippen LogP) is 0.0611. The van der Waals surface area contributed by atoms with E-state index in [9.17, 15) is 4.79 Å². The Hall–Kier alpha value is -0.830. The van der Waals surface area contributed by atoms with Gasteiger partial charge in [-0.05, 0) is 13.8 Å². The first-order valence-corrected chi connectivity index (χ1v) is 3.28. The quantitative estimate of drug-likeness (QED) is 0.549. The van der Waals surface area contributed by atoms with E-state index in [4.69, 9.17) is 5.11 Å². The van der Waals surface area contributed by atoms with Crippen LogP contribution in [0.15, 0.2) is 11.6 Å². The number of hydrogen-bond donors (Lipinski definition) is 2. The van der Waals surface area contributed by atoms with Gasteiger partial charge in [0.15, 0.2) is 0 Å². The van der Waals surface area contributed by atoms with Crippen molar-refractivity contribution in [3.63, 3.8) is 0 Å². The van der Waals surface area contributed by atoms with Crippen LogP contribution in [0.1, 0.15) is 13.8 Å². The molecule has 0 radical (unpaired) electrons. The van der Waals surface area contributed by atoms with Crippen molar-refractivity contribution in [1.29, 1.82) is 0 Å². The van der Waals surface area contributed by atoms with Gasteiger partial charge in [0.25, 0.3) is 0 Å². The van der Waals surface area contributed by atoms with Gasteiger partial charge in [0, 0.05) is 12.1 Å². The van der Waals surface area contributed by atoms with Crippen LogP contribution in [-0.4, -0.2) is 24.2 Å². The Morgan fingerprint density at radius 1 is 1.70 bits per heavy atom. The Bertz CT molecular complexity index is 141. The minimum absolute atomic E-state index is 0.0804. The Balaban J connectivity index is 3.82. The summed E-state index contributed by atoms with van der Waals surface area (Å²) in [5.74, 6) is -0.114. The molecule has 0 aromatic heterocycles. The molecule has 3 nitrogen and oxygen atoms in total.